The average molecular weight is 429 g/mol. The van der Waals surface area contributed by atoms with Gasteiger partial charge in [0.15, 0.2) is 5.16 Å². The van der Waals surface area contributed by atoms with Crippen molar-refractivity contribution in [2.45, 2.75) is 58.2 Å². The third kappa shape index (κ3) is 4.95. The summed E-state index contributed by atoms with van der Waals surface area (Å²) >= 11 is 3.03. The van der Waals surface area contributed by atoms with Crippen molar-refractivity contribution in [1.82, 2.24) is 9.55 Å². The van der Waals surface area contributed by atoms with Crippen LogP contribution in [0.4, 0.5) is 0 Å². The van der Waals surface area contributed by atoms with Gasteiger partial charge in [0.1, 0.15) is 14.7 Å². The number of hydrogen-bond donors (Lipinski definition) is 0. The largest absolute Gasteiger partial charge is 0.287 e. The summed E-state index contributed by atoms with van der Waals surface area (Å²) in [5.74, 6) is 1.64. The molecule has 0 radical (unpaired) electrons. The molecule has 0 aromatic carbocycles. The van der Waals surface area contributed by atoms with Crippen molar-refractivity contribution in [3.8, 4) is 0 Å². The second-order valence-corrected chi connectivity index (χ2v) is 12.4. The van der Waals surface area contributed by atoms with Crippen LogP contribution in [0, 0.1) is 11.8 Å². The van der Waals surface area contributed by atoms with E-state index in [-0.39, 0.29) is 11.3 Å². The van der Waals surface area contributed by atoms with Crippen LogP contribution in [0.5, 0.6) is 0 Å². The van der Waals surface area contributed by atoms with Crippen LogP contribution in [-0.4, -0.2) is 35.7 Å². The van der Waals surface area contributed by atoms with E-state index in [0.29, 0.717) is 29.3 Å². The Kier molecular flexibility index (Phi) is 6.37. The highest BCUT2D eigenvalue weighted by molar-refractivity contribution is 8.00. The predicted octanol–water partition coefficient (Wildman–Crippen LogP) is 3.77. The van der Waals surface area contributed by atoms with Crippen molar-refractivity contribution >= 4 is 43.2 Å². The van der Waals surface area contributed by atoms with Gasteiger partial charge in [-0.25, -0.2) is 13.4 Å². The van der Waals surface area contributed by atoms with Crippen molar-refractivity contribution in [2.75, 3.05) is 17.8 Å². The summed E-state index contributed by atoms with van der Waals surface area (Å²) in [6.45, 7) is 7.17. The average Bonchev–Trinajstić information content (AvgIpc) is 2.90. The third-order valence-electron chi connectivity index (χ3n) is 5.00. The Balaban J connectivity index is 2.03. The number of hydrogen-bond acceptors (Lipinski definition) is 6. The Morgan fingerprint density at radius 3 is 2.78 bits per heavy atom. The van der Waals surface area contributed by atoms with Gasteiger partial charge in [0.05, 0.1) is 11.1 Å². The molecule has 0 aliphatic heterocycles. The number of rotatable bonds is 7. The van der Waals surface area contributed by atoms with Gasteiger partial charge >= 0.3 is 0 Å². The molecule has 2 aromatic heterocycles. The number of thiophene rings is 1. The number of fused-ring (bicyclic) bond motifs is 3. The molecular weight excluding hydrogens is 400 g/mol. The molecule has 2 aromatic rings. The highest BCUT2D eigenvalue weighted by atomic mass is 32.2. The van der Waals surface area contributed by atoms with E-state index in [1.807, 2.05) is 0 Å². The van der Waals surface area contributed by atoms with Crippen molar-refractivity contribution in [3.63, 3.8) is 0 Å². The van der Waals surface area contributed by atoms with E-state index in [0.717, 1.165) is 35.9 Å². The van der Waals surface area contributed by atoms with Crippen LogP contribution >= 0.6 is 23.1 Å². The van der Waals surface area contributed by atoms with Crippen LogP contribution in [0.25, 0.3) is 10.2 Å². The Morgan fingerprint density at radius 1 is 1.37 bits per heavy atom. The molecule has 0 spiro atoms. The summed E-state index contributed by atoms with van der Waals surface area (Å²) in [6.07, 6.45) is 5.24. The third-order valence-corrected chi connectivity index (χ3v) is 8.33. The number of nitrogens with zero attached hydrogens (tertiary/aromatic N) is 2. The van der Waals surface area contributed by atoms with Crippen LogP contribution in [-0.2, 0) is 29.2 Å². The minimum absolute atomic E-state index is 0.0505. The van der Waals surface area contributed by atoms with E-state index in [2.05, 4.69) is 20.8 Å². The summed E-state index contributed by atoms with van der Waals surface area (Å²) in [6, 6.07) is 0. The molecule has 1 aliphatic carbocycles. The zero-order valence-corrected chi connectivity index (χ0v) is 18.9. The van der Waals surface area contributed by atoms with E-state index in [1.165, 1.54) is 28.5 Å². The van der Waals surface area contributed by atoms with E-state index < -0.39 is 9.84 Å². The summed E-state index contributed by atoms with van der Waals surface area (Å²) < 4.78 is 24.7. The molecule has 27 heavy (non-hydrogen) atoms. The number of thioether (sulfide) groups is 1. The molecule has 0 saturated carbocycles. The molecule has 8 heteroatoms. The zero-order valence-electron chi connectivity index (χ0n) is 16.4. The van der Waals surface area contributed by atoms with Gasteiger partial charge < -0.3 is 0 Å². The standard InChI is InChI=1S/C19H28N2O3S3/c1-12(2)7-8-21-18(22)16-14-6-5-13(3)11-15(14)26-17(16)20-19(21)25-9-10-27(4,23)24/h12-13H,5-11H2,1-4H3. The molecule has 5 nitrogen and oxygen atoms in total. The number of aryl methyl sites for hydroxylation is 1. The molecule has 2 heterocycles. The molecule has 0 amide bonds. The molecule has 0 saturated heterocycles. The molecule has 1 aliphatic rings. The van der Waals surface area contributed by atoms with Gasteiger partial charge in [-0.1, -0.05) is 32.5 Å². The molecule has 0 N–H and O–H groups in total. The summed E-state index contributed by atoms with van der Waals surface area (Å²) in [5, 5.41) is 1.46. The molecule has 1 atom stereocenters. The van der Waals surface area contributed by atoms with E-state index >= 15 is 0 Å². The maximum atomic E-state index is 13.3. The summed E-state index contributed by atoms with van der Waals surface area (Å²) in [4.78, 5) is 20.3. The maximum Gasteiger partial charge on any atom is 0.263 e. The molecule has 1 unspecified atom stereocenters. The SMILES string of the molecule is CC(C)CCn1c(SCCS(C)(=O)=O)nc2sc3c(c2c1=O)CCC(C)C3. The minimum Gasteiger partial charge on any atom is -0.287 e. The van der Waals surface area contributed by atoms with Crippen LogP contribution < -0.4 is 5.56 Å². The first-order valence-corrected chi connectivity index (χ1v) is 13.4. The quantitative estimate of drug-likeness (QED) is 0.496. The number of aromatic nitrogens is 2. The molecule has 150 valence electrons. The Morgan fingerprint density at radius 2 is 2.11 bits per heavy atom. The fraction of sp³-hybridized carbons (Fsp3) is 0.684. The smallest absolute Gasteiger partial charge is 0.263 e. The lowest BCUT2D eigenvalue weighted by Gasteiger charge is -2.18. The monoisotopic (exact) mass is 428 g/mol. The highest BCUT2D eigenvalue weighted by Crippen LogP contribution is 2.36. The summed E-state index contributed by atoms with van der Waals surface area (Å²) in [5.41, 5.74) is 1.26. The van der Waals surface area contributed by atoms with E-state index in [4.69, 9.17) is 4.98 Å². The van der Waals surface area contributed by atoms with Crippen molar-refractivity contribution in [2.24, 2.45) is 11.8 Å². The molecular formula is C19H28N2O3S3. The Bertz CT molecular complexity index is 990. The molecule has 0 fully saturated rings. The van der Waals surface area contributed by atoms with Crippen LogP contribution in [0.3, 0.4) is 0 Å². The fourth-order valence-electron chi connectivity index (χ4n) is 3.38. The van der Waals surface area contributed by atoms with Crippen LogP contribution in [0.1, 0.15) is 44.1 Å². The van der Waals surface area contributed by atoms with Crippen molar-refractivity contribution < 1.29 is 8.42 Å². The topological polar surface area (TPSA) is 69.0 Å². The lowest BCUT2D eigenvalue weighted by atomic mass is 9.89. The zero-order chi connectivity index (χ0) is 19.8. The van der Waals surface area contributed by atoms with E-state index in [1.54, 1.807) is 15.9 Å². The predicted molar refractivity (Wildman–Crippen MR) is 115 cm³/mol. The first-order valence-electron chi connectivity index (χ1n) is 9.51. The minimum atomic E-state index is -3.03. The van der Waals surface area contributed by atoms with Crippen LogP contribution in [0.15, 0.2) is 9.95 Å². The second-order valence-electron chi connectivity index (χ2n) is 8.04. The van der Waals surface area contributed by atoms with Gasteiger partial charge in [0, 0.05) is 23.4 Å². The second kappa shape index (κ2) is 8.25. The lowest BCUT2D eigenvalue weighted by molar-refractivity contribution is 0.480. The van der Waals surface area contributed by atoms with Crippen LogP contribution in [0.2, 0.25) is 0 Å². The Hall–Kier alpha value is -0.860. The lowest BCUT2D eigenvalue weighted by Crippen LogP contribution is -2.25. The van der Waals surface area contributed by atoms with Gasteiger partial charge in [-0.3, -0.25) is 9.36 Å². The first-order chi connectivity index (χ1) is 12.7. The van der Waals surface area contributed by atoms with Gasteiger partial charge in [0.2, 0.25) is 0 Å². The Labute approximate surface area is 169 Å². The fourth-order valence-corrected chi connectivity index (χ4v) is 7.03. The van der Waals surface area contributed by atoms with E-state index in [9.17, 15) is 13.2 Å². The van der Waals surface area contributed by atoms with Crippen molar-refractivity contribution in [3.05, 3.63) is 20.8 Å². The molecule has 3 rings (SSSR count). The summed E-state index contributed by atoms with van der Waals surface area (Å²) in [7, 11) is -3.03. The molecule has 0 bridgehead atoms. The first kappa shape index (κ1) is 20.9. The van der Waals surface area contributed by atoms with Gasteiger partial charge in [-0.2, -0.15) is 0 Å². The van der Waals surface area contributed by atoms with Gasteiger partial charge in [-0.15, -0.1) is 11.3 Å². The van der Waals surface area contributed by atoms with Gasteiger partial charge in [0.25, 0.3) is 5.56 Å². The highest BCUT2D eigenvalue weighted by Gasteiger charge is 2.24. The van der Waals surface area contributed by atoms with Gasteiger partial charge in [-0.05, 0) is 43.1 Å². The van der Waals surface area contributed by atoms with Crippen molar-refractivity contribution in [1.29, 1.82) is 0 Å². The number of sulfone groups is 1. The normalized spacial score (nSPS) is 17.6. The maximum absolute atomic E-state index is 13.3.